The van der Waals surface area contributed by atoms with Crippen molar-refractivity contribution in [2.45, 2.75) is 19.9 Å². The SMILES string of the molecule is COc1cc(C)c([C@H](C)NC(=O)c2cc(F)ccc2Br)cc1OC. The van der Waals surface area contributed by atoms with Gasteiger partial charge in [0.1, 0.15) is 5.82 Å². The molecule has 0 aliphatic rings. The second-order valence-corrected chi connectivity index (χ2v) is 6.24. The third kappa shape index (κ3) is 3.87. The molecule has 2 rings (SSSR count). The van der Waals surface area contributed by atoms with Crippen molar-refractivity contribution in [2.24, 2.45) is 0 Å². The monoisotopic (exact) mass is 395 g/mol. The minimum absolute atomic E-state index is 0.250. The van der Waals surface area contributed by atoms with Crippen LogP contribution in [0.15, 0.2) is 34.8 Å². The second-order valence-electron chi connectivity index (χ2n) is 5.38. The highest BCUT2D eigenvalue weighted by Gasteiger charge is 2.18. The van der Waals surface area contributed by atoms with Crippen LogP contribution in [0.1, 0.15) is 34.5 Å². The number of amides is 1. The molecule has 1 atom stereocenters. The van der Waals surface area contributed by atoms with Crippen LogP contribution in [0.5, 0.6) is 11.5 Å². The van der Waals surface area contributed by atoms with Gasteiger partial charge in [-0.05, 0) is 71.2 Å². The van der Waals surface area contributed by atoms with Crippen molar-refractivity contribution in [1.82, 2.24) is 5.32 Å². The molecular formula is C18H19BrFNO3. The zero-order chi connectivity index (χ0) is 17.9. The molecule has 0 saturated heterocycles. The van der Waals surface area contributed by atoms with Crippen LogP contribution in [0.25, 0.3) is 0 Å². The Morgan fingerprint density at radius 3 is 2.42 bits per heavy atom. The van der Waals surface area contributed by atoms with Crippen molar-refractivity contribution in [2.75, 3.05) is 14.2 Å². The number of hydrogen-bond donors (Lipinski definition) is 1. The van der Waals surface area contributed by atoms with Gasteiger partial charge in [0.25, 0.3) is 5.91 Å². The van der Waals surface area contributed by atoms with Crippen LogP contribution in [0, 0.1) is 12.7 Å². The maximum absolute atomic E-state index is 13.4. The van der Waals surface area contributed by atoms with Gasteiger partial charge in [0.05, 0.1) is 25.8 Å². The zero-order valence-electron chi connectivity index (χ0n) is 13.9. The van der Waals surface area contributed by atoms with Crippen molar-refractivity contribution in [3.8, 4) is 11.5 Å². The minimum Gasteiger partial charge on any atom is -0.493 e. The van der Waals surface area contributed by atoms with E-state index in [1.54, 1.807) is 14.2 Å². The average Bonchev–Trinajstić information content (AvgIpc) is 2.56. The van der Waals surface area contributed by atoms with Gasteiger partial charge >= 0.3 is 0 Å². The Kier molecular flexibility index (Phi) is 5.83. The lowest BCUT2D eigenvalue weighted by Crippen LogP contribution is -2.27. The van der Waals surface area contributed by atoms with E-state index in [0.717, 1.165) is 11.1 Å². The van der Waals surface area contributed by atoms with E-state index in [1.165, 1.54) is 18.2 Å². The summed E-state index contributed by atoms with van der Waals surface area (Å²) in [5, 5.41) is 2.88. The predicted molar refractivity (Wildman–Crippen MR) is 94.3 cm³/mol. The van der Waals surface area contributed by atoms with Crippen LogP contribution in [-0.4, -0.2) is 20.1 Å². The number of ether oxygens (including phenoxy) is 2. The Hall–Kier alpha value is -2.08. The van der Waals surface area contributed by atoms with Crippen molar-refractivity contribution in [3.63, 3.8) is 0 Å². The molecule has 6 heteroatoms. The summed E-state index contributed by atoms with van der Waals surface area (Å²) in [6.07, 6.45) is 0. The molecule has 0 aliphatic heterocycles. The molecule has 0 spiro atoms. The highest BCUT2D eigenvalue weighted by atomic mass is 79.9. The van der Waals surface area contributed by atoms with E-state index in [-0.39, 0.29) is 17.5 Å². The smallest absolute Gasteiger partial charge is 0.253 e. The molecule has 0 radical (unpaired) electrons. The predicted octanol–water partition coefficient (Wildman–Crippen LogP) is 4.40. The lowest BCUT2D eigenvalue weighted by molar-refractivity contribution is 0.0938. The van der Waals surface area contributed by atoms with Gasteiger partial charge in [0, 0.05) is 4.47 Å². The molecule has 0 heterocycles. The van der Waals surface area contributed by atoms with E-state index in [0.29, 0.717) is 16.0 Å². The van der Waals surface area contributed by atoms with Crippen molar-refractivity contribution in [3.05, 3.63) is 57.3 Å². The molecule has 0 unspecified atom stereocenters. The van der Waals surface area contributed by atoms with E-state index in [1.807, 2.05) is 26.0 Å². The summed E-state index contributed by atoms with van der Waals surface area (Å²) >= 11 is 3.27. The Labute approximate surface area is 149 Å². The molecule has 0 aromatic heterocycles. The topological polar surface area (TPSA) is 47.6 Å². The first-order chi connectivity index (χ1) is 11.4. The van der Waals surface area contributed by atoms with Crippen molar-refractivity contribution >= 4 is 21.8 Å². The molecular weight excluding hydrogens is 377 g/mol. The quantitative estimate of drug-likeness (QED) is 0.815. The van der Waals surface area contributed by atoms with Crippen LogP contribution >= 0.6 is 15.9 Å². The molecule has 1 amide bonds. The number of methoxy groups -OCH3 is 2. The Balaban J connectivity index is 2.27. The maximum Gasteiger partial charge on any atom is 0.253 e. The largest absolute Gasteiger partial charge is 0.493 e. The molecule has 4 nitrogen and oxygen atoms in total. The van der Waals surface area contributed by atoms with E-state index in [4.69, 9.17) is 9.47 Å². The van der Waals surface area contributed by atoms with Gasteiger partial charge in [-0.1, -0.05) is 0 Å². The highest BCUT2D eigenvalue weighted by molar-refractivity contribution is 9.10. The maximum atomic E-state index is 13.4. The number of rotatable bonds is 5. The van der Waals surface area contributed by atoms with E-state index in [9.17, 15) is 9.18 Å². The third-order valence-corrected chi connectivity index (χ3v) is 4.45. The Bertz CT molecular complexity index is 764. The lowest BCUT2D eigenvalue weighted by atomic mass is 10.0. The molecule has 0 aliphatic carbocycles. The first-order valence-corrected chi connectivity index (χ1v) is 8.15. The van der Waals surface area contributed by atoms with Gasteiger partial charge in [-0.2, -0.15) is 0 Å². The fourth-order valence-electron chi connectivity index (χ4n) is 2.49. The normalized spacial score (nSPS) is 11.8. The van der Waals surface area contributed by atoms with Gasteiger partial charge in [-0.25, -0.2) is 4.39 Å². The van der Waals surface area contributed by atoms with E-state index in [2.05, 4.69) is 21.2 Å². The van der Waals surface area contributed by atoms with E-state index < -0.39 is 5.82 Å². The van der Waals surface area contributed by atoms with Crippen LogP contribution < -0.4 is 14.8 Å². The molecule has 2 aromatic rings. The van der Waals surface area contributed by atoms with Gasteiger partial charge in [-0.3, -0.25) is 4.79 Å². The van der Waals surface area contributed by atoms with Crippen LogP contribution in [-0.2, 0) is 0 Å². The molecule has 24 heavy (non-hydrogen) atoms. The summed E-state index contributed by atoms with van der Waals surface area (Å²) in [4.78, 5) is 12.4. The highest BCUT2D eigenvalue weighted by Crippen LogP contribution is 2.33. The Morgan fingerprint density at radius 2 is 1.79 bits per heavy atom. The summed E-state index contributed by atoms with van der Waals surface area (Å²) in [5.41, 5.74) is 2.10. The fourth-order valence-corrected chi connectivity index (χ4v) is 2.91. The van der Waals surface area contributed by atoms with Crippen LogP contribution in [0.3, 0.4) is 0 Å². The van der Waals surface area contributed by atoms with Gasteiger partial charge < -0.3 is 14.8 Å². The summed E-state index contributed by atoms with van der Waals surface area (Å²) in [7, 11) is 3.13. The average molecular weight is 396 g/mol. The lowest BCUT2D eigenvalue weighted by Gasteiger charge is -2.19. The van der Waals surface area contributed by atoms with Crippen molar-refractivity contribution in [1.29, 1.82) is 0 Å². The number of carbonyl (C=O) groups is 1. The fraction of sp³-hybridized carbons (Fsp3) is 0.278. The van der Waals surface area contributed by atoms with Gasteiger partial charge in [0.15, 0.2) is 11.5 Å². The molecule has 0 fully saturated rings. The van der Waals surface area contributed by atoms with Gasteiger partial charge in [0.2, 0.25) is 0 Å². The number of nitrogens with one attached hydrogen (secondary N) is 1. The summed E-state index contributed by atoms with van der Waals surface area (Å²) in [6, 6.07) is 7.41. The summed E-state index contributed by atoms with van der Waals surface area (Å²) in [5.74, 6) is 0.401. The summed E-state index contributed by atoms with van der Waals surface area (Å²) < 4.78 is 24.5. The molecule has 128 valence electrons. The van der Waals surface area contributed by atoms with Gasteiger partial charge in [-0.15, -0.1) is 0 Å². The Morgan fingerprint density at radius 1 is 1.17 bits per heavy atom. The first-order valence-electron chi connectivity index (χ1n) is 7.35. The molecule has 0 bridgehead atoms. The van der Waals surface area contributed by atoms with E-state index >= 15 is 0 Å². The standard InChI is InChI=1S/C18H19BrFNO3/c1-10-7-16(23-3)17(24-4)9-13(10)11(2)21-18(22)14-8-12(20)5-6-15(14)19/h5-9,11H,1-4H3,(H,21,22)/t11-/m0/s1. The number of benzene rings is 2. The number of halogens is 2. The first kappa shape index (κ1) is 18.3. The van der Waals surface area contributed by atoms with Crippen LogP contribution in [0.4, 0.5) is 4.39 Å². The number of aryl methyl sites for hydroxylation is 1. The summed E-state index contributed by atoms with van der Waals surface area (Å²) in [6.45, 7) is 3.79. The van der Waals surface area contributed by atoms with Crippen LogP contribution in [0.2, 0.25) is 0 Å². The molecule has 2 aromatic carbocycles. The number of carbonyl (C=O) groups excluding carboxylic acids is 1. The second kappa shape index (κ2) is 7.66. The number of hydrogen-bond acceptors (Lipinski definition) is 3. The van der Waals surface area contributed by atoms with Crippen molar-refractivity contribution < 1.29 is 18.7 Å². The third-order valence-electron chi connectivity index (χ3n) is 3.76. The zero-order valence-corrected chi connectivity index (χ0v) is 15.5. The molecule has 0 saturated carbocycles. The minimum atomic E-state index is -0.460. The molecule has 1 N–H and O–H groups in total.